The van der Waals surface area contributed by atoms with Crippen LogP contribution >= 0.6 is 11.6 Å². The third kappa shape index (κ3) is 4.55. The Morgan fingerprint density at radius 2 is 1.74 bits per heavy atom. The summed E-state index contributed by atoms with van der Waals surface area (Å²) in [5, 5.41) is 19.3. The van der Waals surface area contributed by atoms with Crippen LogP contribution in [0.25, 0.3) is 11.6 Å². The fourth-order valence-corrected chi connectivity index (χ4v) is 2.78. The Hall–Kier alpha value is -3.53. The van der Waals surface area contributed by atoms with Crippen molar-refractivity contribution < 1.29 is 4.74 Å². The van der Waals surface area contributed by atoms with Gasteiger partial charge in [-0.2, -0.15) is 10.5 Å². The van der Waals surface area contributed by atoms with Crippen molar-refractivity contribution >= 4 is 23.3 Å². The maximum atomic E-state index is 9.58. The van der Waals surface area contributed by atoms with E-state index in [1.165, 1.54) is 0 Å². The molecule has 0 amide bonds. The Labute approximate surface area is 163 Å². The number of nitrogens with zero attached hydrogens (tertiary/aromatic N) is 2. The van der Waals surface area contributed by atoms with E-state index in [2.05, 4.69) is 12.1 Å². The number of hydrogen-bond acceptors (Lipinski definition) is 3. The van der Waals surface area contributed by atoms with Gasteiger partial charge in [0.15, 0.2) is 0 Å². The molecule has 3 rings (SSSR count). The molecule has 27 heavy (non-hydrogen) atoms. The van der Waals surface area contributed by atoms with Gasteiger partial charge in [-0.05, 0) is 35.9 Å². The second-order valence-corrected chi connectivity index (χ2v) is 6.19. The smallest absolute Gasteiger partial charge is 0.127 e. The van der Waals surface area contributed by atoms with Crippen LogP contribution in [0.15, 0.2) is 72.8 Å². The van der Waals surface area contributed by atoms with E-state index in [0.29, 0.717) is 34.1 Å². The number of para-hydroxylation sites is 1. The van der Waals surface area contributed by atoms with Gasteiger partial charge in [-0.25, -0.2) is 0 Å². The standard InChI is InChI=1S/C23H15ClN2O/c24-22-10-3-1-8-20(22)16-27-23-11-4-2-7-19(23)13-21(15-26)18-9-5-6-17(12-18)14-25/h1-13H,16H2. The summed E-state index contributed by atoms with van der Waals surface area (Å²) in [6.07, 6.45) is 1.76. The highest BCUT2D eigenvalue weighted by Gasteiger charge is 2.07. The molecular weight excluding hydrogens is 356 g/mol. The van der Waals surface area contributed by atoms with Gasteiger partial charge in [-0.3, -0.25) is 0 Å². The number of allylic oxidation sites excluding steroid dienone is 1. The zero-order valence-electron chi connectivity index (χ0n) is 14.4. The average Bonchev–Trinajstić information content (AvgIpc) is 2.72. The molecule has 0 aromatic heterocycles. The first-order valence-corrected chi connectivity index (χ1v) is 8.66. The Morgan fingerprint density at radius 1 is 0.963 bits per heavy atom. The van der Waals surface area contributed by atoms with E-state index in [9.17, 15) is 5.26 Å². The lowest BCUT2D eigenvalue weighted by Crippen LogP contribution is -1.97. The predicted octanol–water partition coefficient (Wildman–Crippen LogP) is 5.85. The first kappa shape index (κ1) is 18.3. The van der Waals surface area contributed by atoms with E-state index < -0.39 is 0 Å². The number of nitriles is 2. The van der Waals surface area contributed by atoms with Gasteiger partial charge in [0.2, 0.25) is 0 Å². The summed E-state index contributed by atoms with van der Waals surface area (Å²) in [6.45, 7) is 0.330. The molecule has 0 radical (unpaired) electrons. The number of benzene rings is 3. The lowest BCUT2D eigenvalue weighted by atomic mass is 10.0. The summed E-state index contributed by atoms with van der Waals surface area (Å²) >= 11 is 6.18. The Bertz CT molecular complexity index is 1070. The van der Waals surface area contributed by atoms with E-state index in [4.69, 9.17) is 21.6 Å². The topological polar surface area (TPSA) is 56.8 Å². The van der Waals surface area contributed by atoms with Crippen LogP contribution in [0.1, 0.15) is 22.3 Å². The summed E-state index contributed by atoms with van der Waals surface area (Å²) in [7, 11) is 0. The SMILES string of the molecule is N#CC(=Cc1ccccc1OCc1ccccc1Cl)c1cccc(C#N)c1. The zero-order valence-corrected chi connectivity index (χ0v) is 15.1. The second-order valence-electron chi connectivity index (χ2n) is 5.78. The highest BCUT2D eigenvalue weighted by atomic mass is 35.5. The van der Waals surface area contributed by atoms with Crippen LogP contribution in [-0.2, 0) is 6.61 Å². The average molecular weight is 371 g/mol. The second kappa shape index (κ2) is 8.72. The summed E-state index contributed by atoms with van der Waals surface area (Å²) in [5.74, 6) is 0.654. The normalized spacial score (nSPS) is 10.7. The van der Waals surface area contributed by atoms with E-state index >= 15 is 0 Å². The molecule has 0 aliphatic rings. The minimum Gasteiger partial charge on any atom is -0.488 e. The van der Waals surface area contributed by atoms with Crippen LogP contribution in [0.4, 0.5) is 0 Å². The summed E-state index contributed by atoms with van der Waals surface area (Å²) in [5.41, 5.74) is 3.33. The molecule has 0 saturated carbocycles. The molecule has 0 heterocycles. The van der Waals surface area contributed by atoms with Crippen molar-refractivity contribution in [3.8, 4) is 17.9 Å². The first-order valence-electron chi connectivity index (χ1n) is 8.29. The molecule has 130 valence electrons. The van der Waals surface area contributed by atoms with Crippen molar-refractivity contribution in [2.24, 2.45) is 0 Å². The van der Waals surface area contributed by atoms with Gasteiger partial charge in [0.25, 0.3) is 0 Å². The fraction of sp³-hybridized carbons (Fsp3) is 0.0435. The van der Waals surface area contributed by atoms with Crippen LogP contribution in [0.5, 0.6) is 5.75 Å². The lowest BCUT2D eigenvalue weighted by Gasteiger charge is -2.11. The minimum atomic E-state index is 0.330. The predicted molar refractivity (Wildman–Crippen MR) is 107 cm³/mol. The molecule has 0 fully saturated rings. The van der Waals surface area contributed by atoms with Crippen LogP contribution in [0.3, 0.4) is 0 Å². The molecule has 0 saturated heterocycles. The molecule has 0 unspecified atom stereocenters. The Balaban J connectivity index is 1.90. The van der Waals surface area contributed by atoms with E-state index in [1.54, 1.807) is 24.3 Å². The summed E-state index contributed by atoms with van der Waals surface area (Å²) < 4.78 is 5.94. The van der Waals surface area contributed by atoms with Crippen LogP contribution in [0, 0.1) is 22.7 Å². The van der Waals surface area contributed by atoms with Gasteiger partial charge >= 0.3 is 0 Å². The summed E-state index contributed by atoms with van der Waals surface area (Å²) in [4.78, 5) is 0. The van der Waals surface area contributed by atoms with E-state index in [1.807, 2.05) is 54.6 Å². The maximum Gasteiger partial charge on any atom is 0.127 e. The fourth-order valence-electron chi connectivity index (χ4n) is 2.59. The molecule has 0 N–H and O–H groups in total. The monoisotopic (exact) mass is 370 g/mol. The van der Waals surface area contributed by atoms with Crippen molar-refractivity contribution in [2.75, 3.05) is 0 Å². The van der Waals surface area contributed by atoms with Crippen molar-refractivity contribution in [1.82, 2.24) is 0 Å². The molecule has 0 bridgehead atoms. The van der Waals surface area contributed by atoms with Crippen LogP contribution < -0.4 is 4.74 Å². The minimum absolute atomic E-state index is 0.330. The first-order chi connectivity index (χ1) is 13.2. The van der Waals surface area contributed by atoms with Crippen LogP contribution in [-0.4, -0.2) is 0 Å². The van der Waals surface area contributed by atoms with Gasteiger partial charge in [0.05, 0.1) is 23.3 Å². The molecule has 4 heteroatoms. The molecule has 0 aliphatic carbocycles. The molecule has 3 aromatic carbocycles. The van der Waals surface area contributed by atoms with Crippen molar-refractivity contribution in [2.45, 2.75) is 6.61 Å². The van der Waals surface area contributed by atoms with Gasteiger partial charge in [-0.1, -0.05) is 60.1 Å². The van der Waals surface area contributed by atoms with Crippen molar-refractivity contribution in [3.63, 3.8) is 0 Å². The highest BCUT2D eigenvalue weighted by molar-refractivity contribution is 6.31. The molecule has 0 spiro atoms. The third-order valence-electron chi connectivity index (χ3n) is 3.98. The maximum absolute atomic E-state index is 9.58. The molecular formula is C23H15ClN2O. The van der Waals surface area contributed by atoms with Gasteiger partial charge in [-0.15, -0.1) is 0 Å². The van der Waals surface area contributed by atoms with Crippen LogP contribution in [0.2, 0.25) is 5.02 Å². The van der Waals surface area contributed by atoms with Gasteiger partial charge < -0.3 is 4.74 Å². The third-order valence-corrected chi connectivity index (χ3v) is 4.35. The van der Waals surface area contributed by atoms with Crippen molar-refractivity contribution in [1.29, 1.82) is 10.5 Å². The largest absolute Gasteiger partial charge is 0.488 e. The number of ether oxygens (including phenoxy) is 1. The van der Waals surface area contributed by atoms with Crippen molar-refractivity contribution in [3.05, 3.63) is 100 Å². The number of hydrogen-bond donors (Lipinski definition) is 0. The van der Waals surface area contributed by atoms with Gasteiger partial charge in [0.1, 0.15) is 12.4 Å². The lowest BCUT2D eigenvalue weighted by molar-refractivity contribution is 0.305. The van der Waals surface area contributed by atoms with Gasteiger partial charge in [0, 0.05) is 16.1 Å². The molecule has 3 nitrogen and oxygen atoms in total. The Morgan fingerprint density at radius 3 is 2.52 bits per heavy atom. The zero-order chi connectivity index (χ0) is 19.1. The quantitative estimate of drug-likeness (QED) is 0.417. The molecule has 0 aliphatic heterocycles. The Kier molecular flexibility index (Phi) is 5.90. The highest BCUT2D eigenvalue weighted by Crippen LogP contribution is 2.26. The number of halogens is 1. The molecule has 0 atom stereocenters. The summed E-state index contributed by atoms with van der Waals surface area (Å²) in [6, 6.07) is 26.3. The van der Waals surface area contributed by atoms with E-state index in [0.717, 1.165) is 11.1 Å². The number of rotatable bonds is 5. The van der Waals surface area contributed by atoms with E-state index in [-0.39, 0.29) is 0 Å². The molecule has 3 aromatic rings.